The number of nitrogens with zero attached hydrogens (tertiary/aromatic N) is 1. The van der Waals surface area contributed by atoms with Gasteiger partial charge in [0.1, 0.15) is 42.8 Å². The molecule has 63 heavy (non-hydrogen) atoms. The van der Waals surface area contributed by atoms with Crippen LogP contribution >= 0.6 is 0 Å². The Morgan fingerprint density at radius 2 is 1.57 bits per heavy atom. The molecule has 7 atom stereocenters. The van der Waals surface area contributed by atoms with Crippen molar-refractivity contribution in [3.05, 3.63) is 35.9 Å². The molecule has 0 aliphatic carbocycles. The smallest absolute Gasteiger partial charge is 0.335 e. The highest BCUT2D eigenvalue weighted by Crippen LogP contribution is 2.31. The summed E-state index contributed by atoms with van der Waals surface area (Å²) in [6.07, 6.45) is -7.11. The summed E-state index contributed by atoms with van der Waals surface area (Å²) in [5.74, 6) is -6.45. The zero-order valence-corrected chi connectivity index (χ0v) is 36.2. The molecule has 0 bridgehead atoms. The van der Waals surface area contributed by atoms with E-state index in [1.54, 1.807) is 0 Å². The number of aliphatic hydroxyl groups is 3. The number of carbonyl (C=O) groups excluding carboxylic acids is 7. The van der Waals surface area contributed by atoms with Crippen LogP contribution in [0.4, 0.5) is 10.5 Å². The van der Waals surface area contributed by atoms with Gasteiger partial charge in [0.25, 0.3) is 11.8 Å². The van der Waals surface area contributed by atoms with Gasteiger partial charge in [0.2, 0.25) is 43.6 Å². The van der Waals surface area contributed by atoms with Crippen molar-refractivity contribution in [2.24, 2.45) is 11.1 Å². The summed E-state index contributed by atoms with van der Waals surface area (Å²) in [4.78, 5) is 101. The molecule has 1 aromatic rings. The molecule has 2 unspecified atom stereocenters. The lowest BCUT2D eigenvalue weighted by atomic mass is 9.89. The van der Waals surface area contributed by atoms with Gasteiger partial charge in [0.15, 0.2) is 6.10 Å². The van der Waals surface area contributed by atoms with E-state index in [9.17, 15) is 58.8 Å². The van der Waals surface area contributed by atoms with Gasteiger partial charge in [-0.2, -0.15) is 0 Å². The molecule has 0 saturated carbocycles. The number of nitrogens with two attached hydrogens (primary N) is 1. The fraction of sp³-hybridized carbons (Fsp3) is 0.600. The number of imide groups is 1. The number of unbranched alkanes of at least 4 members (excludes halogenated alkanes) is 1. The molecule has 1 saturated heterocycles. The van der Waals surface area contributed by atoms with Crippen molar-refractivity contribution in [1.82, 2.24) is 20.9 Å². The standard InChI is InChI=1S/C40H59BN6O16/c1-39(2,3)61-20-40(4,5)17-27(49)43-14-7-6-8-22(46-35(56)24(18-42)47-28(50)11-12-29(47)51)34(55)44-15-13-26(48)45-23-16-21(19-60-38(41)59)9-10-25(23)62-37-32(54)30(52)31(53)33(63-37)36(57)58/h9-12,16,22,24,30-33,37,52-54H,6-8,13-15,17-20,41-42H2,1-5H3,(H,43,49)(H,44,55)(H,45,48)(H,46,56)(H,57,58)/t22?,24?,30-,31-,32+,33-,37+/m0/s1. The molecule has 10 N–H and O–H groups in total. The molecule has 0 aromatic heterocycles. The van der Waals surface area contributed by atoms with Gasteiger partial charge < -0.3 is 66.4 Å². The van der Waals surface area contributed by atoms with E-state index in [2.05, 4.69) is 21.3 Å². The summed E-state index contributed by atoms with van der Waals surface area (Å²) < 4.78 is 21.7. The van der Waals surface area contributed by atoms with Gasteiger partial charge in [-0.3, -0.25) is 38.5 Å². The minimum atomic E-state index is -1.99. The van der Waals surface area contributed by atoms with Crippen LogP contribution in [0.1, 0.15) is 72.3 Å². The van der Waals surface area contributed by atoms with Crippen molar-refractivity contribution in [3.8, 4) is 5.75 Å². The van der Waals surface area contributed by atoms with Crippen molar-refractivity contribution < 1.29 is 77.7 Å². The molecule has 1 aromatic carbocycles. The van der Waals surface area contributed by atoms with Gasteiger partial charge in [0.05, 0.1) is 17.9 Å². The van der Waals surface area contributed by atoms with E-state index in [0.717, 1.165) is 12.2 Å². The Bertz CT molecular complexity index is 1850. The molecule has 6 amide bonds. The van der Waals surface area contributed by atoms with Crippen LogP contribution in [-0.4, -0.2) is 155 Å². The summed E-state index contributed by atoms with van der Waals surface area (Å²) in [7, 11) is 1.18. The van der Waals surface area contributed by atoms with E-state index < -0.39 is 96.1 Å². The third kappa shape index (κ3) is 16.3. The summed E-state index contributed by atoms with van der Waals surface area (Å²) in [6, 6.07) is 1.40. The number of carbonyl (C=O) groups is 8. The minimum absolute atomic E-state index is 0.0430. The number of rotatable bonds is 23. The van der Waals surface area contributed by atoms with E-state index in [1.165, 1.54) is 26.0 Å². The maximum absolute atomic E-state index is 13.5. The number of carboxylic acid groups (broad SMARTS) is 1. The van der Waals surface area contributed by atoms with Crippen molar-refractivity contribution >= 4 is 60.8 Å². The first-order valence-corrected chi connectivity index (χ1v) is 20.3. The lowest BCUT2D eigenvalue weighted by molar-refractivity contribution is -0.271. The maximum Gasteiger partial charge on any atom is 0.335 e. The molecule has 1 fully saturated rings. The lowest BCUT2D eigenvalue weighted by Crippen LogP contribution is -2.61. The number of aliphatic hydroxyl groups excluding tert-OH is 3. The Balaban J connectivity index is 1.68. The molecular formula is C40H59BN6O16. The van der Waals surface area contributed by atoms with E-state index in [-0.39, 0.29) is 61.9 Å². The number of carboxylic acids is 1. The number of nitrogens with one attached hydrogen (secondary N) is 4. The lowest BCUT2D eigenvalue weighted by Gasteiger charge is -2.38. The molecule has 2 heterocycles. The van der Waals surface area contributed by atoms with E-state index in [0.29, 0.717) is 29.9 Å². The quantitative estimate of drug-likeness (QED) is 0.0324. The Kier molecular flexibility index (Phi) is 19.2. The van der Waals surface area contributed by atoms with Crippen LogP contribution in [0.25, 0.3) is 0 Å². The van der Waals surface area contributed by atoms with Crippen LogP contribution in [0, 0.1) is 5.41 Å². The second-order valence-corrected chi connectivity index (χ2v) is 16.8. The molecule has 348 valence electrons. The SMILES string of the molecule is BC(=O)OCc1ccc(O[C@@H]2O[C@H](C(=O)O)[C@@H](O)[C@H](O)[C@H]2O)c(NC(=O)CCNC(=O)C(CCCCNC(=O)CC(C)(C)COC(C)(C)C)NC(=O)C(CN)N2C(=O)C=CC2=O)c1. The molecule has 0 spiro atoms. The maximum atomic E-state index is 13.5. The van der Waals surface area contributed by atoms with Crippen LogP contribution in [0.3, 0.4) is 0 Å². The van der Waals surface area contributed by atoms with Crippen LogP contribution in [0.5, 0.6) is 5.75 Å². The van der Waals surface area contributed by atoms with Crippen molar-refractivity contribution in [2.45, 2.75) is 122 Å². The predicted molar refractivity (Wildman–Crippen MR) is 223 cm³/mol. The Morgan fingerprint density at radius 3 is 2.17 bits per heavy atom. The normalized spacial score (nSPS) is 21.0. The highest BCUT2D eigenvalue weighted by atomic mass is 16.7. The number of benzene rings is 1. The first-order valence-electron chi connectivity index (χ1n) is 20.3. The summed E-state index contributed by atoms with van der Waals surface area (Å²) in [6.45, 7) is 9.27. The number of hydrogen-bond donors (Lipinski definition) is 9. The van der Waals surface area contributed by atoms with E-state index >= 15 is 0 Å². The molecule has 0 radical (unpaired) electrons. The van der Waals surface area contributed by atoms with Crippen molar-refractivity contribution in [2.75, 3.05) is 31.6 Å². The third-order valence-electron chi connectivity index (χ3n) is 9.56. The van der Waals surface area contributed by atoms with Gasteiger partial charge >= 0.3 is 5.97 Å². The van der Waals surface area contributed by atoms with Crippen LogP contribution in [-0.2, 0) is 54.4 Å². The van der Waals surface area contributed by atoms with Gasteiger partial charge in [0, 0.05) is 44.6 Å². The zero-order valence-electron chi connectivity index (χ0n) is 36.2. The Hall–Kier alpha value is -5.46. The fourth-order valence-corrected chi connectivity index (χ4v) is 6.21. The van der Waals surface area contributed by atoms with Crippen molar-refractivity contribution in [1.29, 1.82) is 0 Å². The average molecular weight is 891 g/mol. The predicted octanol–water partition coefficient (Wildman–Crippen LogP) is -2.07. The molecular weight excluding hydrogens is 831 g/mol. The van der Waals surface area contributed by atoms with Gasteiger partial charge in [-0.15, -0.1) is 0 Å². The van der Waals surface area contributed by atoms with E-state index in [1.807, 2.05) is 34.6 Å². The first-order chi connectivity index (χ1) is 29.4. The molecule has 22 nitrogen and oxygen atoms in total. The highest BCUT2D eigenvalue weighted by Gasteiger charge is 2.48. The first kappa shape index (κ1) is 51.9. The number of anilines is 1. The van der Waals surface area contributed by atoms with Crippen LogP contribution < -0.4 is 31.7 Å². The largest absolute Gasteiger partial charge is 0.479 e. The fourth-order valence-electron chi connectivity index (χ4n) is 6.21. The topological polar surface area (TPSA) is 332 Å². The molecule has 2 aliphatic heterocycles. The van der Waals surface area contributed by atoms with Crippen LogP contribution in [0.15, 0.2) is 30.4 Å². The minimum Gasteiger partial charge on any atom is -0.479 e. The molecule has 2 aliphatic rings. The Morgan fingerprint density at radius 1 is 0.905 bits per heavy atom. The van der Waals surface area contributed by atoms with Crippen LogP contribution in [0.2, 0.25) is 0 Å². The summed E-state index contributed by atoms with van der Waals surface area (Å²) >= 11 is 0. The third-order valence-corrected chi connectivity index (χ3v) is 9.56. The number of ether oxygens (including phenoxy) is 4. The second kappa shape index (κ2) is 23.3. The number of hydrogen-bond acceptors (Lipinski definition) is 16. The highest BCUT2D eigenvalue weighted by molar-refractivity contribution is 6.55. The Labute approximate surface area is 365 Å². The van der Waals surface area contributed by atoms with Crippen molar-refractivity contribution in [3.63, 3.8) is 0 Å². The number of aliphatic carboxylic acids is 1. The summed E-state index contributed by atoms with van der Waals surface area (Å²) in [5.41, 5.74) is 5.26. The van der Waals surface area contributed by atoms with Gasteiger partial charge in [-0.05, 0) is 63.1 Å². The second-order valence-electron chi connectivity index (χ2n) is 16.8. The number of amides is 6. The molecule has 3 rings (SSSR count). The molecule has 23 heteroatoms. The van der Waals surface area contributed by atoms with Gasteiger partial charge in [-0.1, -0.05) is 19.9 Å². The average Bonchev–Trinajstić information content (AvgIpc) is 3.52. The van der Waals surface area contributed by atoms with E-state index in [4.69, 9.17) is 24.7 Å². The summed E-state index contributed by atoms with van der Waals surface area (Å²) in [5, 5.41) is 50.7. The zero-order chi connectivity index (χ0) is 47.2. The monoisotopic (exact) mass is 890 g/mol. The van der Waals surface area contributed by atoms with Gasteiger partial charge in [-0.25, -0.2) is 4.79 Å².